The summed E-state index contributed by atoms with van der Waals surface area (Å²) in [6.45, 7) is 0.692. The highest BCUT2D eigenvalue weighted by molar-refractivity contribution is 5.98. The molecular formula is C17H22O4. The van der Waals surface area contributed by atoms with Crippen LogP contribution in [0.15, 0.2) is 18.2 Å². The van der Waals surface area contributed by atoms with Gasteiger partial charge in [0.1, 0.15) is 11.5 Å². The van der Waals surface area contributed by atoms with Gasteiger partial charge in [0, 0.05) is 24.2 Å². The van der Waals surface area contributed by atoms with Crippen LogP contribution in [0.1, 0.15) is 42.5 Å². The molecule has 4 heteroatoms. The van der Waals surface area contributed by atoms with Crippen LogP contribution in [0, 0.1) is 5.92 Å². The number of carbonyl (C=O) groups is 1. The van der Waals surface area contributed by atoms with Gasteiger partial charge in [0.15, 0.2) is 5.78 Å². The molecule has 0 radical (unpaired) electrons. The number of ketones is 1. The molecule has 1 aliphatic heterocycles. The van der Waals surface area contributed by atoms with Crippen molar-refractivity contribution in [2.45, 2.75) is 37.7 Å². The summed E-state index contributed by atoms with van der Waals surface area (Å²) < 4.78 is 16.4. The van der Waals surface area contributed by atoms with Gasteiger partial charge in [-0.1, -0.05) is 0 Å². The second-order valence-electron chi connectivity index (χ2n) is 6.04. The Morgan fingerprint density at radius 1 is 1.19 bits per heavy atom. The van der Waals surface area contributed by atoms with E-state index in [1.807, 2.05) is 0 Å². The minimum atomic E-state index is -0.0124. The molecule has 1 heterocycles. The van der Waals surface area contributed by atoms with Gasteiger partial charge in [-0.15, -0.1) is 0 Å². The number of hydrogen-bond donors (Lipinski definition) is 0. The average molecular weight is 290 g/mol. The van der Waals surface area contributed by atoms with E-state index in [-0.39, 0.29) is 17.3 Å². The molecule has 1 saturated heterocycles. The lowest BCUT2D eigenvalue weighted by Crippen LogP contribution is -2.47. The molecular weight excluding hydrogens is 268 g/mol. The van der Waals surface area contributed by atoms with Crippen LogP contribution in [0.4, 0.5) is 0 Å². The van der Waals surface area contributed by atoms with Crippen molar-refractivity contribution >= 4 is 5.78 Å². The van der Waals surface area contributed by atoms with E-state index in [0.29, 0.717) is 23.7 Å². The molecule has 2 aliphatic rings. The summed E-state index contributed by atoms with van der Waals surface area (Å²) in [6.07, 6.45) is 5.07. The second-order valence-corrected chi connectivity index (χ2v) is 6.04. The normalized spacial score (nSPS) is 23.4. The van der Waals surface area contributed by atoms with E-state index in [9.17, 15) is 4.79 Å². The van der Waals surface area contributed by atoms with Crippen LogP contribution < -0.4 is 9.47 Å². The predicted octanol–water partition coefficient (Wildman–Crippen LogP) is 3.24. The largest absolute Gasteiger partial charge is 0.497 e. The molecule has 0 bridgehead atoms. The Balaban J connectivity index is 1.80. The van der Waals surface area contributed by atoms with Gasteiger partial charge in [0.25, 0.3) is 0 Å². The third-order valence-electron chi connectivity index (χ3n) is 4.76. The Hall–Kier alpha value is -1.55. The average Bonchev–Trinajstić information content (AvgIpc) is 2.52. The van der Waals surface area contributed by atoms with Crippen molar-refractivity contribution in [3.05, 3.63) is 23.8 Å². The molecule has 2 fully saturated rings. The highest BCUT2D eigenvalue weighted by Gasteiger charge is 2.44. The minimum Gasteiger partial charge on any atom is -0.497 e. The fraction of sp³-hybridized carbons (Fsp3) is 0.588. The molecule has 0 N–H and O–H groups in total. The van der Waals surface area contributed by atoms with Gasteiger partial charge in [-0.25, -0.2) is 0 Å². The standard InChI is InChI=1S/C17H22O4/c1-19-14-8-13(9-15(10-14)20-2)16(18)12-4-7-21-17(11-12)5-3-6-17/h8-10,12H,3-7,11H2,1-2H3. The Labute approximate surface area is 125 Å². The monoisotopic (exact) mass is 290 g/mol. The van der Waals surface area contributed by atoms with Crippen LogP contribution in [0.2, 0.25) is 0 Å². The zero-order valence-corrected chi connectivity index (χ0v) is 12.7. The summed E-state index contributed by atoms with van der Waals surface area (Å²) in [5.41, 5.74) is 0.661. The number of ether oxygens (including phenoxy) is 3. The molecule has 114 valence electrons. The number of methoxy groups -OCH3 is 2. The first-order valence-electron chi connectivity index (χ1n) is 7.57. The first-order valence-corrected chi connectivity index (χ1v) is 7.57. The molecule has 4 nitrogen and oxygen atoms in total. The van der Waals surface area contributed by atoms with E-state index in [4.69, 9.17) is 14.2 Å². The van der Waals surface area contributed by atoms with Gasteiger partial charge >= 0.3 is 0 Å². The van der Waals surface area contributed by atoms with E-state index in [1.165, 1.54) is 6.42 Å². The van der Waals surface area contributed by atoms with E-state index in [2.05, 4.69) is 0 Å². The summed E-state index contributed by atoms with van der Waals surface area (Å²) in [6, 6.07) is 5.38. The van der Waals surface area contributed by atoms with E-state index < -0.39 is 0 Å². The zero-order valence-electron chi connectivity index (χ0n) is 12.7. The molecule has 1 spiro atoms. The number of Topliss-reactive ketones (excluding diaryl/α,β-unsaturated/α-hetero) is 1. The Bertz CT molecular complexity index is 511. The summed E-state index contributed by atoms with van der Waals surface area (Å²) in [5, 5.41) is 0. The lowest BCUT2D eigenvalue weighted by atomic mass is 9.70. The van der Waals surface area contributed by atoms with Crippen LogP contribution in [0.5, 0.6) is 11.5 Å². The van der Waals surface area contributed by atoms with Crippen molar-refractivity contribution in [3.8, 4) is 11.5 Å². The summed E-state index contributed by atoms with van der Waals surface area (Å²) in [7, 11) is 3.20. The molecule has 1 aliphatic carbocycles. The maximum Gasteiger partial charge on any atom is 0.166 e. The van der Waals surface area contributed by atoms with Crippen molar-refractivity contribution in [2.75, 3.05) is 20.8 Å². The summed E-state index contributed by atoms with van der Waals surface area (Å²) in [4.78, 5) is 12.8. The molecule has 1 saturated carbocycles. The van der Waals surface area contributed by atoms with Crippen LogP contribution in [0.3, 0.4) is 0 Å². The van der Waals surface area contributed by atoms with Crippen LogP contribution in [-0.4, -0.2) is 32.2 Å². The topological polar surface area (TPSA) is 44.8 Å². The highest BCUT2D eigenvalue weighted by atomic mass is 16.5. The molecule has 1 unspecified atom stereocenters. The quantitative estimate of drug-likeness (QED) is 0.799. The third-order valence-corrected chi connectivity index (χ3v) is 4.76. The van der Waals surface area contributed by atoms with Crippen molar-refractivity contribution in [3.63, 3.8) is 0 Å². The molecule has 1 aromatic carbocycles. The molecule has 0 aromatic heterocycles. The first kappa shape index (κ1) is 14.4. The maximum absolute atomic E-state index is 12.8. The van der Waals surface area contributed by atoms with E-state index >= 15 is 0 Å². The van der Waals surface area contributed by atoms with Crippen LogP contribution in [0.25, 0.3) is 0 Å². The van der Waals surface area contributed by atoms with Crippen molar-refractivity contribution < 1.29 is 19.0 Å². The highest BCUT2D eigenvalue weighted by Crippen LogP contribution is 2.45. The molecule has 0 amide bonds. The van der Waals surface area contributed by atoms with Crippen LogP contribution >= 0.6 is 0 Å². The van der Waals surface area contributed by atoms with Crippen molar-refractivity contribution in [1.29, 1.82) is 0 Å². The number of benzene rings is 1. The number of carbonyl (C=O) groups excluding carboxylic acids is 1. The van der Waals surface area contributed by atoms with Gasteiger partial charge in [0.05, 0.1) is 19.8 Å². The Kier molecular flexibility index (Phi) is 3.89. The molecule has 21 heavy (non-hydrogen) atoms. The fourth-order valence-corrected chi connectivity index (χ4v) is 3.36. The summed E-state index contributed by atoms with van der Waals surface area (Å²) in [5.74, 6) is 1.55. The van der Waals surface area contributed by atoms with Crippen molar-refractivity contribution in [2.24, 2.45) is 5.92 Å². The van der Waals surface area contributed by atoms with Crippen molar-refractivity contribution in [1.82, 2.24) is 0 Å². The molecule has 1 atom stereocenters. The molecule has 1 aromatic rings. The van der Waals surface area contributed by atoms with Gasteiger partial charge in [-0.05, 0) is 44.2 Å². The zero-order chi connectivity index (χ0) is 14.9. The van der Waals surface area contributed by atoms with Gasteiger partial charge < -0.3 is 14.2 Å². The smallest absolute Gasteiger partial charge is 0.166 e. The predicted molar refractivity (Wildman–Crippen MR) is 79.1 cm³/mol. The SMILES string of the molecule is COc1cc(OC)cc(C(=O)C2CCOC3(CCC3)C2)c1. The van der Waals surface area contributed by atoms with Gasteiger partial charge in [0.2, 0.25) is 0 Å². The van der Waals surface area contributed by atoms with Gasteiger partial charge in [-0.2, -0.15) is 0 Å². The third kappa shape index (κ3) is 2.77. The Morgan fingerprint density at radius 3 is 2.38 bits per heavy atom. The molecule has 3 rings (SSSR count). The van der Waals surface area contributed by atoms with Gasteiger partial charge in [-0.3, -0.25) is 4.79 Å². The maximum atomic E-state index is 12.8. The van der Waals surface area contributed by atoms with E-state index in [0.717, 1.165) is 25.7 Å². The summed E-state index contributed by atoms with van der Waals surface area (Å²) >= 11 is 0. The minimum absolute atomic E-state index is 0.0124. The lowest BCUT2D eigenvalue weighted by molar-refractivity contribution is -0.137. The van der Waals surface area contributed by atoms with E-state index in [1.54, 1.807) is 32.4 Å². The number of rotatable bonds is 4. The van der Waals surface area contributed by atoms with Crippen LogP contribution in [-0.2, 0) is 4.74 Å². The fourth-order valence-electron chi connectivity index (χ4n) is 3.36. The number of hydrogen-bond acceptors (Lipinski definition) is 4. The lowest BCUT2D eigenvalue weighted by Gasteiger charge is -2.46. The second kappa shape index (κ2) is 5.68. The Morgan fingerprint density at radius 2 is 1.86 bits per heavy atom. The first-order chi connectivity index (χ1) is 10.2.